The molecule has 0 atom stereocenters. The summed E-state index contributed by atoms with van der Waals surface area (Å²) in [6.45, 7) is 6.49. The molecular weight excluding hydrogens is 164 g/mol. The van der Waals surface area contributed by atoms with Crippen LogP contribution in [-0.4, -0.2) is 16.9 Å². The van der Waals surface area contributed by atoms with Gasteiger partial charge in [0.25, 0.3) is 0 Å². The first-order valence-electron chi connectivity index (χ1n) is 4.21. The molecule has 0 aromatic heterocycles. The zero-order valence-electron chi connectivity index (χ0n) is 8.27. The minimum atomic E-state index is -0.460. The molecule has 1 aromatic rings. The molecule has 0 spiro atoms. The summed E-state index contributed by atoms with van der Waals surface area (Å²) in [5.74, 6) is 0. The van der Waals surface area contributed by atoms with E-state index in [1.807, 2.05) is 0 Å². The van der Waals surface area contributed by atoms with E-state index in [-0.39, 0.29) is 0 Å². The fraction of sp³-hybridized carbons (Fsp3) is 0.400. The highest BCUT2D eigenvalue weighted by Gasteiger charge is 2.00. The Morgan fingerprint density at radius 2 is 1.58 bits per heavy atom. The summed E-state index contributed by atoms with van der Waals surface area (Å²) in [5.41, 5.74) is 4.17. The Bertz CT molecular complexity index is 258. The maximum Gasteiger partial charge on any atom is 0.191 e. The molecule has 0 fully saturated rings. The molecule has 66 valence electrons. The average molecular weight is 180 g/mol. The van der Waals surface area contributed by atoms with Gasteiger partial charge in [0.05, 0.1) is 0 Å². The van der Waals surface area contributed by atoms with Crippen LogP contribution >= 0.6 is 0 Å². The topological polar surface area (TPSA) is 9.23 Å². The van der Waals surface area contributed by atoms with Crippen molar-refractivity contribution in [3.63, 3.8) is 0 Å². The molecule has 0 unspecified atom stereocenters. The molecule has 0 aliphatic carbocycles. The predicted molar refractivity (Wildman–Crippen MR) is 55.8 cm³/mol. The molecule has 0 N–H and O–H groups in total. The predicted octanol–water partition coefficient (Wildman–Crippen LogP) is 0.967. The van der Waals surface area contributed by atoms with Gasteiger partial charge < -0.3 is 4.43 Å². The molecule has 0 aliphatic heterocycles. The Kier molecular flexibility index (Phi) is 3.06. The van der Waals surface area contributed by atoms with Crippen LogP contribution in [0.2, 0.25) is 0 Å². The molecular formula is C10H16OSi. The van der Waals surface area contributed by atoms with Crippen molar-refractivity contribution >= 4 is 14.9 Å². The largest absolute Gasteiger partial charge is 0.422 e. The molecule has 0 aliphatic rings. The van der Waals surface area contributed by atoms with Gasteiger partial charge in [-0.05, 0) is 42.6 Å². The monoisotopic (exact) mass is 180 g/mol. The maximum atomic E-state index is 5.22. The van der Waals surface area contributed by atoms with Gasteiger partial charge >= 0.3 is 0 Å². The van der Waals surface area contributed by atoms with Gasteiger partial charge in [0.15, 0.2) is 9.76 Å². The first-order valence-corrected chi connectivity index (χ1v) is 5.49. The third-order valence-corrected chi connectivity index (χ3v) is 3.33. The summed E-state index contributed by atoms with van der Waals surface area (Å²) in [7, 11) is 1.33. The summed E-state index contributed by atoms with van der Waals surface area (Å²) in [4.78, 5) is 0. The van der Waals surface area contributed by atoms with Gasteiger partial charge in [-0.1, -0.05) is 12.1 Å². The van der Waals surface area contributed by atoms with E-state index in [1.54, 1.807) is 7.11 Å². The van der Waals surface area contributed by atoms with Crippen molar-refractivity contribution < 1.29 is 4.43 Å². The van der Waals surface area contributed by atoms with E-state index in [4.69, 9.17) is 4.43 Å². The standard InChI is InChI=1S/C10H16OSi/c1-7-5-10(12-11-4)6-8(2)9(7)3/h5-6H,12H2,1-4H3. The Morgan fingerprint density at radius 1 is 1.08 bits per heavy atom. The highest BCUT2D eigenvalue weighted by atomic mass is 28.2. The first kappa shape index (κ1) is 9.48. The first-order chi connectivity index (χ1) is 5.65. The molecule has 0 amide bonds. The lowest BCUT2D eigenvalue weighted by molar-refractivity contribution is 0.450. The molecule has 0 heterocycles. The van der Waals surface area contributed by atoms with E-state index in [0.29, 0.717) is 0 Å². The number of aryl methyl sites for hydroxylation is 2. The molecule has 1 aromatic carbocycles. The second-order valence-electron chi connectivity index (χ2n) is 3.29. The fourth-order valence-corrected chi connectivity index (χ4v) is 2.49. The fourth-order valence-electron chi connectivity index (χ4n) is 1.38. The minimum absolute atomic E-state index is 0.460. The lowest BCUT2D eigenvalue weighted by Gasteiger charge is -2.07. The molecule has 0 saturated carbocycles. The smallest absolute Gasteiger partial charge is 0.191 e. The number of benzene rings is 1. The molecule has 0 radical (unpaired) electrons. The average Bonchev–Trinajstić information content (AvgIpc) is 2.01. The summed E-state index contributed by atoms with van der Waals surface area (Å²) in [6, 6.07) is 4.50. The van der Waals surface area contributed by atoms with Crippen molar-refractivity contribution in [1.82, 2.24) is 0 Å². The molecule has 0 bridgehead atoms. The van der Waals surface area contributed by atoms with Crippen LogP contribution in [-0.2, 0) is 4.43 Å². The van der Waals surface area contributed by atoms with Gasteiger partial charge in [-0.25, -0.2) is 0 Å². The lowest BCUT2D eigenvalue weighted by atomic mass is 10.1. The Balaban J connectivity index is 3.04. The van der Waals surface area contributed by atoms with E-state index < -0.39 is 9.76 Å². The normalized spacial score (nSPS) is 11.3. The lowest BCUT2D eigenvalue weighted by Crippen LogP contribution is -2.17. The third-order valence-electron chi connectivity index (χ3n) is 2.30. The van der Waals surface area contributed by atoms with Gasteiger partial charge in [-0.2, -0.15) is 0 Å². The third kappa shape index (κ3) is 1.96. The van der Waals surface area contributed by atoms with E-state index in [1.165, 1.54) is 21.9 Å². The highest BCUT2D eigenvalue weighted by molar-refractivity contribution is 6.46. The minimum Gasteiger partial charge on any atom is -0.422 e. The summed E-state index contributed by atoms with van der Waals surface area (Å²) >= 11 is 0. The zero-order valence-corrected chi connectivity index (χ0v) is 9.68. The van der Waals surface area contributed by atoms with E-state index >= 15 is 0 Å². The van der Waals surface area contributed by atoms with Crippen LogP contribution in [0.15, 0.2) is 12.1 Å². The van der Waals surface area contributed by atoms with Gasteiger partial charge in [0.1, 0.15) is 0 Å². The molecule has 1 rings (SSSR count). The van der Waals surface area contributed by atoms with Crippen molar-refractivity contribution in [3.05, 3.63) is 28.8 Å². The van der Waals surface area contributed by atoms with Gasteiger partial charge in [-0.15, -0.1) is 0 Å². The number of hydrogen-bond acceptors (Lipinski definition) is 1. The maximum absolute atomic E-state index is 5.22. The summed E-state index contributed by atoms with van der Waals surface area (Å²) in [6.07, 6.45) is 0. The van der Waals surface area contributed by atoms with Crippen molar-refractivity contribution in [2.75, 3.05) is 7.11 Å². The van der Waals surface area contributed by atoms with Crippen LogP contribution in [0, 0.1) is 20.8 Å². The molecule has 0 saturated heterocycles. The number of rotatable bonds is 2. The Hall–Kier alpha value is -0.603. The zero-order chi connectivity index (χ0) is 9.14. The summed E-state index contributed by atoms with van der Waals surface area (Å²) < 4.78 is 5.22. The van der Waals surface area contributed by atoms with Gasteiger partial charge in [0, 0.05) is 7.11 Å². The van der Waals surface area contributed by atoms with Gasteiger partial charge in [0.2, 0.25) is 0 Å². The Morgan fingerprint density at radius 3 is 2.00 bits per heavy atom. The quantitative estimate of drug-likeness (QED) is 0.616. The van der Waals surface area contributed by atoms with Crippen molar-refractivity contribution in [2.45, 2.75) is 20.8 Å². The van der Waals surface area contributed by atoms with Crippen LogP contribution in [0.25, 0.3) is 0 Å². The highest BCUT2D eigenvalue weighted by Crippen LogP contribution is 2.09. The van der Waals surface area contributed by atoms with E-state index in [0.717, 1.165) is 0 Å². The number of hydrogen-bond donors (Lipinski definition) is 0. The van der Waals surface area contributed by atoms with Crippen molar-refractivity contribution in [3.8, 4) is 0 Å². The molecule has 12 heavy (non-hydrogen) atoms. The van der Waals surface area contributed by atoms with E-state index in [9.17, 15) is 0 Å². The van der Waals surface area contributed by atoms with Crippen molar-refractivity contribution in [1.29, 1.82) is 0 Å². The van der Waals surface area contributed by atoms with Crippen LogP contribution < -0.4 is 5.19 Å². The summed E-state index contributed by atoms with van der Waals surface area (Å²) in [5, 5.41) is 1.40. The van der Waals surface area contributed by atoms with Crippen LogP contribution in [0.3, 0.4) is 0 Å². The molecule has 1 nitrogen and oxygen atoms in total. The van der Waals surface area contributed by atoms with Crippen LogP contribution in [0.1, 0.15) is 16.7 Å². The molecule has 2 heteroatoms. The SMILES string of the molecule is CO[SiH2]c1cc(C)c(C)c(C)c1. The van der Waals surface area contributed by atoms with Crippen LogP contribution in [0.4, 0.5) is 0 Å². The Labute approximate surface area is 76.7 Å². The van der Waals surface area contributed by atoms with Crippen molar-refractivity contribution in [2.24, 2.45) is 0 Å². The van der Waals surface area contributed by atoms with E-state index in [2.05, 4.69) is 32.9 Å². The van der Waals surface area contributed by atoms with Crippen LogP contribution in [0.5, 0.6) is 0 Å². The second kappa shape index (κ2) is 3.87. The van der Waals surface area contributed by atoms with Gasteiger partial charge in [-0.3, -0.25) is 0 Å². The second-order valence-corrected chi connectivity index (χ2v) is 4.97.